The Kier molecular flexibility index (Phi) is 20.0. The summed E-state index contributed by atoms with van der Waals surface area (Å²) in [6, 6.07) is 13.4. The molecule has 66 heavy (non-hydrogen) atoms. The molecule has 0 aliphatic rings. The summed E-state index contributed by atoms with van der Waals surface area (Å²) in [6.07, 6.45) is 1.75. The van der Waals surface area contributed by atoms with E-state index in [1.807, 2.05) is 0 Å². The highest BCUT2D eigenvalue weighted by atomic mass is 19.4. The van der Waals surface area contributed by atoms with Crippen molar-refractivity contribution in [2.45, 2.75) is 133 Å². The molecule has 0 spiro atoms. The maximum atomic E-state index is 14.5. The monoisotopic (exact) mass is 964 g/mol. The van der Waals surface area contributed by atoms with Gasteiger partial charge in [0.15, 0.2) is 0 Å². The van der Waals surface area contributed by atoms with Crippen LogP contribution in [-0.4, -0.2) is 73.5 Å². The largest absolute Gasteiger partial charge is 0.494 e. The fourth-order valence-corrected chi connectivity index (χ4v) is 5.97. The van der Waals surface area contributed by atoms with E-state index >= 15 is 0 Å². The Balaban J connectivity index is 1.80. The fraction of sp³-hybridized carbons (Fsp3) is 0.533. The number of unbranched alkanes of at least 4 members (excludes halogenated alkanes) is 10. The minimum absolute atomic E-state index is 0.0560. The van der Waals surface area contributed by atoms with E-state index in [1.165, 1.54) is 48.5 Å². The summed E-state index contributed by atoms with van der Waals surface area (Å²) in [4.78, 5) is 39.3. The van der Waals surface area contributed by atoms with E-state index in [1.54, 1.807) is 0 Å². The van der Waals surface area contributed by atoms with Gasteiger partial charge < -0.3 is 23.7 Å². The first-order valence-electron chi connectivity index (χ1n) is 21.0. The summed E-state index contributed by atoms with van der Waals surface area (Å²) in [5, 5.41) is 0. The Bertz CT molecular complexity index is 2010. The van der Waals surface area contributed by atoms with Gasteiger partial charge in [0.1, 0.15) is 28.6 Å². The number of ether oxygens (including phenoxy) is 5. The number of hydrogen-bond donors (Lipinski definition) is 0. The number of halogens is 13. The summed E-state index contributed by atoms with van der Waals surface area (Å²) in [5.74, 6) is -42.7. The Morgan fingerprint density at radius 1 is 0.439 bits per heavy atom. The quantitative estimate of drug-likeness (QED) is 0.0307. The van der Waals surface area contributed by atoms with Gasteiger partial charge in [0, 0.05) is 0 Å². The Labute approximate surface area is 372 Å². The highest BCUT2D eigenvalue weighted by Gasteiger charge is 2.90. The van der Waals surface area contributed by atoms with Crippen LogP contribution in [0.3, 0.4) is 0 Å². The molecule has 3 aromatic rings. The van der Waals surface area contributed by atoms with Crippen LogP contribution in [0.5, 0.6) is 23.0 Å². The van der Waals surface area contributed by atoms with Crippen molar-refractivity contribution in [2.24, 2.45) is 0 Å². The molecule has 21 heteroatoms. The number of esters is 3. The molecule has 0 saturated heterocycles. The zero-order valence-corrected chi connectivity index (χ0v) is 35.8. The van der Waals surface area contributed by atoms with Gasteiger partial charge in [0.2, 0.25) is 0 Å². The molecule has 8 nitrogen and oxygen atoms in total. The lowest BCUT2D eigenvalue weighted by Crippen LogP contribution is -2.70. The van der Waals surface area contributed by atoms with Crippen LogP contribution in [0.25, 0.3) is 0 Å². The molecule has 0 aliphatic carbocycles. The van der Waals surface area contributed by atoms with Crippen LogP contribution in [0.1, 0.15) is 128 Å². The van der Waals surface area contributed by atoms with E-state index in [9.17, 15) is 71.5 Å². The number of alkyl halides is 13. The third kappa shape index (κ3) is 14.1. The smallest absolute Gasteiger partial charge is 0.460 e. The standard InChI is InChI=1S/C45H49F13O8/c1-3-5-7-9-11-13-26-62-32-19-15-30(16-20-32)37(59)65-34-23-24-36(66-38(60)31-17-21-33(22-18-31)63-27-14-12-10-8-6-4-2)35(29-34)39(61)64-28-25-40(46,47)41(48,49)42(50,51)43(52,53)44(54,55)45(56,57)58/h15-24,29H,3-14,25-28H2,1-2H3. The van der Waals surface area contributed by atoms with Gasteiger partial charge >= 0.3 is 53.7 Å². The first-order valence-corrected chi connectivity index (χ1v) is 21.0. The van der Waals surface area contributed by atoms with Crippen molar-refractivity contribution in [3.63, 3.8) is 0 Å². The maximum absolute atomic E-state index is 14.5. The van der Waals surface area contributed by atoms with Crippen LogP contribution in [0, 0.1) is 0 Å². The van der Waals surface area contributed by atoms with E-state index < -0.39 is 83.8 Å². The average molecular weight is 965 g/mol. The molecule has 0 radical (unpaired) electrons. The second kappa shape index (κ2) is 24.0. The molecule has 0 aromatic heterocycles. The van der Waals surface area contributed by atoms with Gasteiger partial charge in [-0.2, -0.15) is 57.1 Å². The molecule has 3 rings (SSSR count). The maximum Gasteiger partial charge on any atom is 0.460 e. The summed E-state index contributed by atoms with van der Waals surface area (Å²) in [6.45, 7) is 2.88. The second-order valence-electron chi connectivity index (χ2n) is 15.1. The molecule has 0 heterocycles. The minimum atomic E-state index is -8.11. The topological polar surface area (TPSA) is 97.4 Å². The Hall–Kier alpha value is -5.24. The van der Waals surface area contributed by atoms with Gasteiger partial charge in [-0.25, -0.2) is 14.4 Å². The highest BCUT2D eigenvalue weighted by Crippen LogP contribution is 2.60. The lowest BCUT2D eigenvalue weighted by molar-refractivity contribution is -0.440. The summed E-state index contributed by atoms with van der Waals surface area (Å²) in [7, 11) is 0. The van der Waals surface area contributed by atoms with Crippen LogP contribution in [0.4, 0.5) is 57.1 Å². The van der Waals surface area contributed by atoms with Crippen LogP contribution < -0.4 is 18.9 Å². The highest BCUT2D eigenvalue weighted by molar-refractivity contribution is 5.97. The zero-order valence-electron chi connectivity index (χ0n) is 35.8. The second-order valence-corrected chi connectivity index (χ2v) is 15.1. The van der Waals surface area contributed by atoms with Crippen LogP contribution in [0.15, 0.2) is 66.7 Å². The molecule has 0 amide bonds. The number of benzene rings is 3. The van der Waals surface area contributed by atoms with Crippen molar-refractivity contribution in [2.75, 3.05) is 19.8 Å². The number of rotatable bonds is 28. The molecule has 3 aromatic carbocycles. The van der Waals surface area contributed by atoms with Gasteiger partial charge in [-0.3, -0.25) is 0 Å². The predicted molar refractivity (Wildman–Crippen MR) is 213 cm³/mol. The number of hydrogen-bond acceptors (Lipinski definition) is 8. The van der Waals surface area contributed by atoms with Crippen molar-refractivity contribution in [1.29, 1.82) is 0 Å². The van der Waals surface area contributed by atoms with Gasteiger partial charge in [-0.1, -0.05) is 78.1 Å². The molecular formula is C45H49F13O8. The van der Waals surface area contributed by atoms with Gasteiger partial charge in [-0.05, 0) is 79.6 Å². The lowest BCUT2D eigenvalue weighted by Gasteiger charge is -2.39. The van der Waals surface area contributed by atoms with Crippen molar-refractivity contribution in [3.8, 4) is 23.0 Å². The van der Waals surface area contributed by atoms with Gasteiger partial charge in [0.25, 0.3) is 0 Å². The summed E-state index contributed by atoms with van der Waals surface area (Å²) in [5.41, 5.74) is -1.16. The van der Waals surface area contributed by atoms with E-state index in [4.69, 9.17) is 18.9 Å². The van der Waals surface area contributed by atoms with E-state index in [0.29, 0.717) is 30.8 Å². The Morgan fingerprint density at radius 3 is 1.30 bits per heavy atom. The predicted octanol–water partition coefficient (Wildman–Crippen LogP) is 13.9. The third-order valence-corrected chi connectivity index (χ3v) is 9.95. The van der Waals surface area contributed by atoms with Crippen molar-refractivity contribution in [1.82, 2.24) is 0 Å². The van der Waals surface area contributed by atoms with Gasteiger partial charge in [0.05, 0.1) is 37.4 Å². The Morgan fingerprint density at radius 2 is 0.848 bits per heavy atom. The van der Waals surface area contributed by atoms with Crippen LogP contribution in [-0.2, 0) is 4.74 Å². The molecule has 0 aliphatic heterocycles. The van der Waals surface area contributed by atoms with Crippen molar-refractivity contribution >= 4 is 17.9 Å². The molecule has 368 valence electrons. The van der Waals surface area contributed by atoms with E-state index in [2.05, 4.69) is 18.6 Å². The van der Waals surface area contributed by atoms with Crippen molar-refractivity contribution < 1.29 is 95.1 Å². The van der Waals surface area contributed by atoms with Crippen LogP contribution >= 0.6 is 0 Å². The zero-order chi connectivity index (χ0) is 49.4. The SMILES string of the molecule is CCCCCCCCOc1ccc(C(=O)Oc2ccc(OC(=O)c3ccc(OCCCCCCCC)cc3)c(C(=O)OCCC(F)(F)C(F)(F)C(F)(F)C(F)(F)C(F)(F)C(F)(F)F)c2)cc1. The molecule has 0 unspecified atom stereocenters. The van der Waals surface area contributed by atoms with Gasteiger partial charge in [-0.15, -0.1) is 0 Å². The average Bonchev–Trinajstić information content (AvgIpc) is 3.25. The van der Waals surface area contributed by atoms with E-state index in [-0.39, 0.29) is 11.1 Å². The lowest BCUT2D eigenvalue weighted by atomic mass is 9.93. The molecule has 0 saturated carbocycles. The van der Waals surface area contributed by atoms with E-state index in [0.717, 1.165) is 89.2 Å². The summed E-state index contributed by atoms with van der Waals surface area (Å²) < 4.78 is 203. The summed E-state index contributed by atoms with van der Waals surface area (Å²) >= 11 is 0. The molecule has 0 atom stereocenters. The van der Waals surface area contributed by atoms with Crippen molar-refractivity contribution in [3.05, 3.63) is 83.4 Å². The first-order chi connectivity index (χ1) is 30.8. The number of carbonyl (C=O) groups is 3. The molecular weight excluding hydrogens is 915 g/mol. The minimum Gasteiger partial charge on any atom is -0.494 e. The molecule has 0 bridgehead atoms. The normalized spacial score (nSPS) is 12.7. The van der Waals surface area contributed by atoms with Crippen LogP contribution in [0.2, 0.25) is 0 Å². The molecule has 0 N–H and O–H groups in total. The molecule has 0 fully saturated rings. The fourth-order valence-electron chi connectivity index (χ4n) is 5.97. The third-order valence-electron chi connectivity index (χ3n) is 9.95. The number of carbonyl (C=O) groups excluding carboxylic acids is 3. The first kappa shape index (κ1) is 55.1.